The van der Waals surface area contributed by atoms with E-state index in [9.17, 15) is 0 Å². The van der Waals surface area contributed by atoms with Gasteiger partial charge in [0.05, 0.1) is 5.97 Å². The molecule has 0 atom stereocenters. The third-order valence-corrected chi connectivity index (χ3v) is 0.837. The van der Waals surface area contributed by atoms with Crippen LogP contribution in [0.1, 0.15) is 40.0 Å². The van der Waals surface area contributed by atoms with E-state index in [1.54, 1.807) is 0 Å². The van der Waals surface area contributed by atoms with Gasteiger partial charge in [-0.2, -0.15) is 0 Å². The number of carboxylic acids is 1. The maximum absolute atomic E-state index is 9.14. The molecule has 0 aromatic heterocycles. The second kappa shape index (κ2) is 43.5. The Hall–Kier alpha value is -0.0269. The smallest absolute Gasteiger partial charge is 0.0636 e. The number of aliphatic hydroxyl groups excluding tert-OH is 3. The minimum Gasteiger partial charge on any atom is -0.545 e. The number of carboxylic acid groups (broad SMARTS) is 1. The Kier molecular flexibility index (Phi) is 74.4. The monoisotopic (exact) mass is 341 g/mol. The van der Waals surface area contributed by atoms with Crippen LogP contribution < -0.4 is 5.11 Å². The fourth-order valence-corrected chi connectivity index (χ4v) is 0. The van der Waals surface area contributed by atoms with E-state index in [-0.39, 0.29) is 26.2 Å². The zero-order chi connectivity index (χ0) is 14.5. The Morgan fingerprint density at radius 3 is 1.11 bits per heavy atom. The first-order chi connectivity index (χ1) is 8.01. The van der Waals surface area contributed by atoms with E-state index in [2.05, 4.69) is 6.58 Å². The number of carbonyl (C=O) groups is 1. The average Bonchev–Trinajstić information content (AvgIpc) is 2.39. The van der Waals surface area contributed by atoms with Gasteiger partial charge in [0.2, 0.25) is 0 Å². The van der Waals surface area contributed by atoms with Crippen molar-refractivity contribution < 1.29 is 51.4 Å². The summed E-state index contributed by atoms with van der Waals surface area (Å²) >= 11 is 0. The second-order valence-electron chi connectivity index (χ2n) is 2.69. The van der Waals surface area contributed by atoms with Crippen LogP contribution in [0.2, 0.25) is 0 Å². The number of aliphatic hydroxyl groups is 3. The Bertz CT molecular complexity index is 116. The molecule has 110 valence electrons. The molecule has 0 aliphatic rings. The Morgan fingerprint density at radius 2 is 1.11 bits per heavy atom. The fraction of sp³-hybridized carbons (Fsp3) is 0.750. The molecule has 0 heterocycles. The van der Waals surface area contributed by atoms with Gasteiger partial charge < -0.3 is 25.2 Å². The predicted molar refractivity (Wildman–Crippen MR) is 67.3 cm³/mol. The maximum Gasteiger partial charge on any atom is 0.0636 e. The summed E-state index contributed by atoms with van der Waals surface area (Å²) in [5, 5.41) is 32.8. The largest absolute Gasteiger partial charge is 0.545 e. The van der Waals surface area contributed by atoms with Gasteiger partial charge in [0.1, 0.15) is 0 Å². The molecule has 0 aliphatic heterocycles. The zero-order valence-corrected chi connectivity index (χ0v) is 14.1. The Labute approximate surface area is 130 Å². The number of hydrogen-bond acceptors (Lipinski definition) is 5. The second-order valence-corrected chi connectivity index (χ2v) is 2.69. The molecule has 0 saturated heterocycles. The zero-order valence-electron chi connectivity index (χ0n) is 11.7. The molecule has 0 saturated carbocycles. The Morgan fingerprint density at radius 1 is 1.00 bits per heavy atom. The van der Waals surface area contributed by atoms with Crippen LogP contribution in [0.4, 0.5) is 0 Å². The van der Waals surface area contributed by atoms with Crippen LogP contribution in [0.15, 0.2) is 12.7 Å². The molecule has 0 rings (SSSR count). The standard InChI is InChI=1S/C3H4O2.3C3H8O.Zr/c1-2-3(4)5;3*1-2-3-4;/h2H,1H2,(H,4,5);3*4H,2-3H2,1H3;/p-1. The number of rotatable bonds is 4. The normalized spacial score (nSPS) is 6.78. The van der Waals surface area contributed by atoms with Gasteiger partial charge in [0.25, 0.3) is 0 Å². The summed E-state index contributed by atoms with van der Waals surface area (Å²) in [6, 6.07) is 0. The first-order valence-electron chi connectivity index (χ1n) is 5.68. The van der Waals surface area contributed by atoms with E-state index in [0.717, 1.165) is 25.3 Å². The van der Waals surface area contributed by atoms with Crippen LogP contribution in [0.25, 0.3) is 0 Å². The first kappa shape index (κ1) is 30.8. The number of hydrogen-bond donors (Lipinski definition) is 3. The van der Waals surface area contributed by atoms with Crippen molar-refractivity contribution in [1.82, 2.24) is 0 Å². The van der Waals surface area contributed by atoms with Gasteiger partial charge in [-0.25, -0.2) is 0 Å². The molecular weight excluding hydrogens is 315 g/mol. The average molecular weight is 343 g/mol. The van der Waals surface area contributed by atoms with Gasteiger partial charge in [-0.1, -0.05) is 27.4 Å². The molecule has 0 spiro atoms. The summed E-state index contributed by atoms with van der Waals surface area (Å²) in [4.78, 5) is 9.14. The van der Waals surface area contributed by atoms with Gasteiger partial charge in [0.15, 0.2) is 0 Å². The molecule has 0 unspecified atom stereocenters. The van der Waals surface area contributed by atoms with Crippen LogP contribution in [0.5, 0.6) is 0 Å². The maximum atomic E-state index is 9.14. The summed E-state index contributed by atoms with van der Waals surface area (Å²) in [5.41, 5.74) is 0. The van der Waals surface area contributed by atoms with Gasteiger partial charge in [-0.3, -0.25) is 0 Å². The van der Waals surface area contributed by atoms with E-state index in [1.165, 1.54) is 0 Å². The van der Waals surface area contributed by atoms with E-state index in [4.69, 9.17) is 25.2 Å². The van der Waals surface area contributed by atoms with Crippen LogP contribution in [0.3, 0.4) is 0 Å². The molecule has 6 heteroatoms. The van der Waals surface area contributed by atoms with Gasteiger partial charge in [-0.15, -0.1) is 0 Å². The van der Waals surface area contributed by atoms with E-state index >= 15 is 0 Å². The molecule has 0 radical (unpaired) electrons. The van der Waals surface area contributed by atoms with Crippen LogP contribution in [0, 0.1) is 0 Å². The van der Waals surface area contributed by atoms with Crippen molar-refractivity contribution in [3.63, 3.8) is 0 Å². The summed E-state index contributed by atoms with van der Waals surface area (Å²) in [7, 11) is 0. The van der Waals surface area contributed by atoms with E-state index < -0.39 is 5.97 Å². The SMILES string of the molecule is C=CC(=O)[O-].CCCO.CCCO.CCCO.[Zr]. The summed E-state index contributed by atoms with van der Waals surface area (Å²) in [6.45, 7) is 9.65. The van der Waals surface area contributed by atoms with Crippen molar-refractivity contribution in [3.8, 4) is 0 Å². The Balaban J connectivity index is -0.0000000412. The predicted octanol–water partition coefficient (Wildman–Crippen LogP) is 0.0859. The van der Waals surface area contributed by atoms with Gasteiger partial charge in [-0.05, 0) is 25.3 Å². The molecule has 0 amide bonds. The van der Waals surface area contributed by atoms with Crippen molar-refractivity contribution in [1.29, 1.82) is 0 Å². The van der Waals surface area contributed by atoms with Crippen LogP contribution in [-0.4, -0.2) is 41.1 Å². The van der Waals surface area contributed by atoms with Crippen molar-refractivity contribution >= 4 is 5.97 Å². The first-order valence-corrected chi connectivity index (χ1v) is 5.68. The third-order valence-electron chi connectivity index (χ3n) is 0.837. The van der Waals surface area contributed by atoms with Crippen molar-refractivity contribution in [2.24, 2.45) is 0 Å². The van der Waals surface area contributed by atoms with Crippen LogP contribution >= 0.6 is 0 Å². The molecule has 5 nitrogen and oxygen atoms in total. The van der Waals surface area contributed by atoms with Crippen molar-refractivity contribution in [2.45, 2.75) is 40.0 Å². The molecular formula is C12H27O5Zr-. The van der Waals surface area contributed by atoms with E-state index in [0.29, 0.717) is 19.8 Å². The molecule has 0 aromatic rings. The van der Waals surface area contributed by atoms with Crippen molar-refractivity contribution in [3.05, 3.63) is 12.7 Å². The molecule has 0 aliphatic carbocycles. The quantitative estimate of drug-likeness (QED) is 0.629. The number of carbonyl (C=O) groups excluding carboxylic acids is 1. The third kappa shape index (κ3) is 145. The molecule has 0 aromatic carbocycles. The van der Waals surface area contributed by atoms with Gasteiger partial charge >= 0.3 is 0 Å². The summed E-state index contributed by atoms with van der Waals surface area (Å²) in [5.74, 6) is -1.23. The molecule has 0 fully saturated rings. The van der Waals surface area contributed by atoms with E-state index in [1.807, 2.05) is 20.8 Å². The topological polar surface area (TPSA) is 101 Å². The minimum absolute atomic E-state index is 0. The number of aliphatic carboxylic acids is 1. The molecule has 3 N–H and O–H groups in total. The summed E-state index contributed by atoms with van der Waals surface area (Å²) in [6.07, 6.45) is 3.35. The summed E-state index contributed by atoms with van der Waals surface area (Å²) < 4.78 is 0. The fourth-order valence-electron chi connectivity index (χ4n) is 0. The van der Waals surface area contributed by atoms with Gasteiger partial charge in [0, 0.05) is 46.0 Å². The van der Waals surface area contributed by atoms with Crippen LogP contribution in [-0.2, 0) is 31.0 Å². The molecule has 18 heavy (non-hydrogen) atoms. The molecule has 0 bridgehead atoms. The van der Waals surface area contributed by atoms with Crippen molar-refractivity contribution in [2.75, 3.05) is 19.8 Å². The minimum atomic E-state index is -1.23.